The van der Waals surface area contributed by atoms with E-state index in [0.717, 1.165) is 5.56 Å². The largest absolute Gasteiger partial charge is 0.365 e. The van der Waals surface area contributed by atoms with Gasteiger partial charge in [0.2, 0.25) is 0 Å². The zero-order valence-corrected chi connectivity index (χ0v) is 15.0. The Morgan fingerprint density at radius 3 is 2.58 bits per heavy atom. The normalized spacial score (nSPS) is 10.5. The van der Waals surface area contributed by atoms with E-state index in [1.165, 1.54) is 0 Å². The van der Waals surface area contributed by atoms with Gasteiger partial charge >= 0.3 is 0 Å². The Morgan fingerprint density at radius 1 is 1.15 bits per heavy atom. The Morgan fingerprint density at radius 2 is 1.92 bits per heavy atom. The van der Waals surface area contributed by atoms with Crippen LogP contribution in [-0.4, -0.2) is 43.6 Å². The number of aromatic nitrogens is 4. The van der Waals surface area contributed by atoms with Crippen LogP contribution in [0.4, 0.5) is 5.82 Å². The summed E-state index contributed by atoms with van der Waals surface area (Å²) in [5.41, 5.74) is 1.77. The first-order valence-corrected chi connectivity index (χ1v) is 8.65. The summed E-state index contributed by atoms with van der Waals surface area (Å²) in [5.74, 6) is 1.38. The molecule has 1 aromatic carbocycles. The molecule has 7 nitrogen and oxygen atoms in total. The van der Waals surface area contributed by atoms with E-state index >= 15 is 0 Å². The molecule has 26 heavy (non-hydrogen) atoms. The smallest absolute Gasteiger partial charge is 0.253 e. The summed E-state index contributed by atoms with van der Waals surface area (Å²) in [6.07, 6.45) is 6.85. The molecule has 0 radical (unpaired) electrons. The SMILES string of the molecule is CCN(CC)C(=O)c1ccc(CNc2cncc(-n3cccn3)n2)cc1. The zero-order chi connectivity index (χ0) is 18.4. The molecule has 0 saturated carbocycles. The lowest BCUT2D eigenvalue weighted by atomic mass is 10.1. The van der Waals surface area contributed by atoms with Crippen LogP contribution in [0.5, 0.6) is 0 Å². The number of carbonyl (C=O) groups is 1. The van der Waals surface area contributed by atoms with Crippen molar-refractivity contribution in [2.75, 3.05) is 18.4 Å². The summed E-state index contributed by atoms with van der Waals surface area (Å²) in [4.78, 5) is 22.8. The number of anilines is 1. The molecule has 0 unspecified atom stereocenters. The molecule has 0 saturated heterocycles. The minimum Gasteiger partial charge on any atom is -0.365 e. The zero-order valence-electron chi connectivity index (χ0n) is 15.0. The number of benzene rings is 1. The Labute approximate surface area is 152 Å². The van der Waals surface area contributed by atoms with Crippen LogP contribution in [0.2, 0.25) is 0 Å². The Balaban J connectivity index is 1.64. The highest BCUT2D eigenvalue weighted by Gasteiger charge is 2.11. The van der Waals surface area contributed by atoms with Crippen molar-refractivity contribution in [2.45, 2.75) is 20.4 Å². The average Bonchev–Trinajstić information content (AvgIpc) is 3.23. The van der Waals surface area contributed by atoms with Gasteiger partial charge in [-0.25, -0.2) is 9.67 Å². The molecule has 0 aliphatic rings. The lowest BCUT2D eigenvalue weighted by molar-refractivity contribution is 0.0773. The van der Waals surface area contributed by atoms with Gasteiger partial charge < -0.3 is 10.2 Å². The third-order valence-corrected chi connectivity index (χ3v) is 4.09. The molecule has 0 fully saturated rings. The highest BCUT2D eigenvalue weighted by Crippen LogP contribution is 2.11. The van der Waals surface area contributed by atoms with Crippen LogP contribution in [0.15, 0.2) is 55.1 Å². The van der Waals surface area contributed by atoms with Gasteiger partial charge in [-0.2, -0.15) is 5.10 Å². The number of hydrogen-bond donors (Lipinski definition) is 1. The molecule has 1 N–H and O–H groups in total. The first kappa shape index (κ1) is 17.6. The summed E-state index contributed by atoms with van der Waals surface area (Å²) in [6, 6.07) is 9.47. The van der Waals surface area contributed by atoms with E-state index in [0.29, 0.717) is 36.8 Å². The molecule has 0 atom stereocenters. The topological polar surface area (TPSA) is 75.9 Å². The molecule has 0 aliphatic carbocycles. The van der Waals surface area contributed by atoms with Gasteiger partial charge in [0.1, 0.15) is 5.82 Å². The molecular formula is C19H22N6O. The number of hydrogen-bond acceptors (Lipinski definition) is 5. The third kappa shape index (κ3) is 4.05. The summed E-state index contributed by atoms with van der Waals surface area (Å²) in [6.45, 7) is 5.99. The molecule has 1 amide bonds. The lowest BCUT2D eigenvalue weighted by Crippen LogP contribution is -2.30. The van der Waals surface area contributed by atoms with Crippen molar-refractivity contribution in [2.24, 2.45) is 0 Å². The van der Waals surface area contributed by atoms with Crippen molar-refractivity contribution < 1.29 is 4.79 Å². The minimum absolute atomic E-state index is 0.0623. The van der Waals surface area contributed by atoms with Gasteiger partial charge in [-0.1, -0.05) is 12.1 Å². The van der Waals surface area contributed by atoms with Crippen LogP contribution in [0.1, 0.15) is 29.8 Å². The standard InChI is InChI=1S/C19H22N6O/c1-3-24(4-2)19(26)16-8-6-15(7-9-16)12-21-17-13-20-14-18(23-17)25-11-5-10-22-25/h5-11,13-14H,3-4,12H2,1-2H3,(H,21,23). The van der Waals surface area contributed by atoms with E-state index < -0.39 is 0 Å². The van der Waals surface area contributed by atoms with Crippen molar-refractivity contribution in [3.05, 3.63) is 66.2 Å². The summed E-state index contributed by atoms with van der Waals surface area (Å²) in [5, 5.41) is 7.40. The number of rotatable bonds is 7. The summed E-state index contributed by atoms with van der Waals surface area (Å²) >= 11 is 0. The molecule has 7 heteroatoms. The van der Waals surface area contributed by atoms with Crippen molar-refractivity contribution in [1.82, 2.24) is 24.6 Å². The van der Waals surface area contributed by atoms with Crippen LogP contribution < -0.4 is 5.32 Å². The molecule has 3 rings (SSSR count). The molecule has 2 aromatic heterocycles. The Hall–Kier alpha value is -3.22. The quantitative estimate of drug-likeness (QED) is 0.709. The third-order valence-electron chi connectivity index (χ3n) is 4.09. The fraction of sp³-hybridized carbons (Fsp3) is 0.263. The van der Waals surface area contributed by atoms with Crippen molar-refractivity contribution >= 4 is 11.7 Å². The predicted octanol–water partition coefficient (Wildman–Crippen LogP) is 2.76. The fourth-order valence-corrected chi connectivity index (χ4v) is 2.61. The average molecular weight is 350 g/mol. The monoisotopic (exact) mass is 350 g/mol. The highest BCUT2D eigenvalue weighted by molar-refractivity contribution is 5.94. The van der Waals surface area contributed by atoms with Gasteiger partial charge in [0.05, 0.1) is 12.4 Å². The highest BCUT2D eigenvalue weighted by atomic mass is 16.2. The van der Waals surface area contributed by atoms with E-state index in [9.17, 15) is 4.79 Å². The molecule has 3 aromatic rings. The molecule has 0 bridgehead atoms. The van der Waals surface area contributed by atoms with Crippen LogP contribution >= 0.6 is 0 Å². The lowest BCUT2D eigenvalue weighted by Gasteiger charge is -2.18. The second-order valence-corrected chi connectivity index (χ2v) is 5.74. The fourth-order valence-electron chi connectivity index (χ4n) is 2.61. The van der Waals surface area contributed by atoms with E-state index in [1.54, 1.807) is 23.3 Å². The number of nitrogens with one attached hydrogen (secondary N) is 1. The first-order valence-electron chi connectivity index (χ1n) is 8.65. The van der Waals surface area contributed by atoms with Gasteiger partial charge in [0, 0.05) is 37.6 Å². The van der Waals surface area contributed by atoms with E-state index in [1.807, 2.05) is 55.3 Å². The van der Waals surface area contributed by atoms with Gasteiger partial charge in [-0.3, -0.25) is 9.78 Å². The van der Waals surface area contributed by atoms with Crippen molar-refractivity contribution in [1.29, 1.82) is 0 Å². The van der Waals surface area contributed by atoms with Crippen molar-refractivity contribution in [3.63, 3.8) is 0 Å². The maximum atomic E-state index is 12.3. The first-order chi connectivity index (χ1) is 12.7. The maximum absolute atomic E-state index is 12.3. The van der Waals surface area contributed by atoms with Crippen LogP contribution in [0.25, 0.3) is 5.82 Å². The number of carbonyl (C=O) groups excluding carboxylic acids is 1. The minimum atomic E-state index is 0.0623. The van der Waals surface area contributed by atoms with E-state index in [2.05, 4.69) is 20.4 Å². The van der Waals surface area contributed by atoms with Gasteiger partial charge in [0.25, 0.3) is 5.91 Å². The predicted molar refractivity (Wildman–Crippen MR) is 100 cm³/mol. The molecule has 134 valence electrons. The second kappa shape index (κ2) is 8.24. The van der Waals surface area contributed by atoms with Crippen LogP contribution in [0, 0.1) is 0 Å². The van der Waals surface area contributed by atoms with Crippen molar-refractivity contribution in [3.8, 4) is 5.82 Å². The van der Waals surface area contributed by atoms with E-state index in [-0.39, 0.29) is 5.91 Å². The Kier molecular flexibility index (Phi) is 5.58. The van der Waals surface area contributed by atoms with Crippen LogP contribution in [0.3, 0.4) is 0 Å². The van der Waals surface area contributed by atoms with Gasteiger partial charge in [0.15, 0.2) is 5.82 Å². The Bertz CT molecular complexity index is 841. The van der Waals surface area contributed by atoms with Gasteiger partial charge in [-0.05, 0) is 37.6 Å². The maximum Gasteiger partial charge on any atom is 0.253 e. The molecule has 0 aliphatic heterocycles. The number of nitrogens with zero attached hydrogens (tertiary/aromatic N) is 5. The van der Waals surface area contributed by atoms with Gasteiger partial charge in [-0.15, -0.1) is 0 Å². The molecular weight excluding hydrogens is 328 g/mol. The summed E-state index contributed by atoms with van der Waals surface area (Å²) < 4.78 is 1.66. The second-order valence-electron chi connectivity index (χ2n) is 5.74. The summed E-state index contributed by atoms with van der Waals surface area (Å²) in [7, 11) is 0. The van der Waals surface area contributed by atoms with E-state index in [4.69, 9.17) is 0 Å². The van der Waals surface area contributed by atoms with Crippen LogP contribution in [-0.2, 0) is 6.54 Å². The molecule has 0 spiro atoms. The molecule has 2 heterocycles. The number of amides is 1.